The number of rotatable bonds is 3. The molecule has 0 atom stereocenters. The number of nitrogens with two attached hydrogens (primary N) is 1. The molecule has 4 N–H and O–H groups in total. The predicted molar refractivity (Wildman–Crippen MR) is 62.8 cm³/mol. The molecule has 0 aliphatic rings. The molecule has 0 radical (unpaired) electrons. The quantitative estimate of drug-likeness (QED) is 0.679. The van der Waals surface area contributed by atoms with E-state index in [1.165, 1.54) is 0 Å². The van der Waals surface area contributed by atoms with Crippen LogP contribution < -0.4 is 11.1 Å². The minimum atomic E-state index is -0.102. The van der Waals surface area contributed by atoms with Gasteiger partial charge in [0.2, 0.25) is 0 Å². The fraction of sp³-hybridized carbons (Fsp3) is 0.0833. The molecule has 0 aliphatic carbocycles. The molecule has 0 bridgehead atoms. The molecule has 4 nitrogen and oxygen atoms in total. The van der Waals surface area contributed by atoms with Gasteiger partial charge in [-0.1, -0.05) is 0 Å². The molecule has 2 aromatic rings. The van der Waals surface area contributed by atoms with E-state index in [0.717, 1.165) is 5.69 Å². The first-order valence-corrected chi connectivity index (χ1v) is 5.02. The Kier molecular flexibility index (Phi) is 2.91. The Morgan fingerprint density at radius 3 is 2.62 bits per heavy atom. The average molecular weight is 215 g/mol. The molecule has 1 aromatic heterocycles. The zero-order valence-electron chi connectivity index (χ0n) is 8.73. The number of aromatic nitrogens is 1. The van der Waals surface area contributed by atoms with Crippen molar-refractivity contribution in [1.29, 1.82) is 0 Å². The maximum Gasteiger partial charge on any atom is 0.251 e. The van der Waals surface area contributed by atoms with Gasteiger partial charge in [0, 0.05) is 23.1 Å². The van der Waals surface area contributed by atoms with Crippen LogP contribution in [0.4, 0.5) is 5.69 Å². The molecule has 1 heterocycles. The summed E-state index contributed by atoms with van der Waals surface area (Å²) in [5.74, 6) is -0.102. The maximum atomic E-state index is 11.7. The van der Waals surface area contributed by atoms with E-state index >= 15 is 0 Å². The summed E-state index contributed by atoms with van der Waals surface area (Å²) in [6, 6.07) is 10.7. The average Bonchev–Trinajstić information content (AvgIpc) is 2.80. The number of benzene rings is 1. The van der Waals surface area contributed by atoms with Crippen LogP contribution in [0, 0.1) is 0 Å². The van der Waals surface area contributed by atoms with E-state index < -0.39 is 0 Å². The van der Waals surface area contributed by atoms with Crippen molar-refractivity contribution >= 4 is 11.6 Å². The number of nitrogen functional groups attached to an aromatic ring is 1. The molecule has 0 spiro atoms. The Morgan fingerprint density at radius 2 is 2.00 bits per heavy atom. The highest BCUT2D eigenvalue weighted by Gasteiger charge is 2.04. The lowest BCUT2D eigenvalue weighted by Crippen LogP contribution is -2.22. The minimum Gasteiger partial charge on any atom is -0.399 e. The maximum absolute atomic E-state index is 11.7. The molecule has 16 heavy (non-hydrogen) atoms. The van der Waals surface area contributed by atoms with Gasteiger partial charge in [-0.25, -0.2) is 0 Å². The zero-order chi connectivity index (χ0) is 11.4. The highest BCUT2D eigenvalue weighted by atomic mass is 16.1. The lowest BCUT2D eigenvalue weighted by atomic mass is 10.2. The number of carbonyl (C=O) groups excluding carboxylic acids is 1. The summed E-state index contributed by atoms with van der Waals surface area (Å²) in [6.45, 7) is 0.496. The second kappa shape index (κ2) is 4.53. The van der Waals surface area contributed by atoms with Crippen molar-refractivity contribution in [3.05, 3.63) is 53.9 Å². The Hall–Kier alpha value is -2.23. The molecule has 0 saturated carbocycles. The van der Waals surface area contributed by atoms with Crippen LogP contribution in [-0.4, -0.2) is 10.9 Å². The molecule has 0 aliphatic heterocycles. The lowest BCUT2D eigenvalue weighted by molar-refractivity contribution is 0.0950. The fourth-order valence-electron chi connectivity index (χ4n) is 1.39. The summed E-state index contributed by atoms with van der Waals surface area (Å²) in [7, 11) is 0. The van der Waals surface area contributed by atoms with Gasteiger partial charge >= 0.3 is 0 Å². The molecule has 4 heteroatoms. The molecule has 1 amide bonds. The summed E-state index contributed by atoms with van der Waals surface area (Å²) in [4.78, 5) is 14.7. The van der Waals surface area contributed by atoms with Crippen molar-refractivity contribution in [2.75, 3.05) is 5.73 Å². The van der Waals surface area contributed by atoms with Crippen LogP contribution in [-0.2, 0) is 6.54 Å². The van der Waals surface area contributed by atoms with Crippen molar-refractivity contribution in [3.63, 3.8) is 0 Å². The van der Waals surface area contributed by atoms with E-state index in [2.05, 4.69) is 10.3 Å². The van der Waals surface area contributed by atoms with Gasteiger partial charge in [0.05, 0.1) is 6.54 Å². The van der Waals surface area contributed by atoms with Crippen LogP contribution in [0.15, 0.2) is 42.6 Å². The van der Waals surface area contributed by atoms with E-state index in [9.17, 15) is 4.79 Å². The predicted octanol–water partition coefficient (Wildman–Crippen LogP) is 1.53. The number of hydrogen-bond acceptors (Lipinski definition) is 2. The number of hydrogen-bond donors (Lipinski definition) is 3. The van der Waals surface area contributed by atoms with Crippen LogP contribution in [0.1, 0.15) is 16.1 Å². The number of nitrogens with one attached hydrogen (secondary N) is 2. The molecular formula is C12H13N3O. The van der Waals surface area contributed by atoms with E-state index in [4.69, 9.17) is 5.73 Å². The Labute approximate surface area is 93.5 Å². The van der Waals surface area contributed by atoms with Crippen molar-refractivity contribution in [3.8, 4) is 0 Å². The summed E-state index contributed by atoms with van der Waals surface area (Å²) < 4.78 is 0. The summed E-state index contributed by atoms with van der Waals surface area (Å²) in [5.41, 5.74) is 7.78. The molecule has 0 unspecified atom stereocenters. The first kappa shape index (κ1) is 10.3. The number of aromatic amines is 1. The monoisotopic (exact) mass is 215 g/mol. The van der Waals surface area contributed by atoms with Crippen LogP contribution in [0.3, 0.4) is 0 Å². The normalized spacial score (nSPS) is 10.0. The van der Waals surface area contributed by atoms with Crippen molar-refractivity contribution < 1.29 is 4.79 Å². The van der Waals surface area contributed by atoms with Crippen molar-refractivity contribution in [1.82, 2.24) is 10.3 Å². The van der Waals surface area contributed by atoms with E-state index in [-0.39, 0.29) is 5.91 Å². The molecule has 82 valence electrons. The zero-order valence-corrected chi connectivity index (χ0v) is 8.73. The van der Waals surface area contributed by atoms with Crippen molar-refractivity contribution in [2.45, 2.75) is 6.54 Å². The van der Waals surface area contributed by atoms with E-state index in [0.29, 0.717) is 17.8 Å². The number of H-pyrrole nitrogens is 1. The smallest absolute Gasteiger partial charge is 0.251 e. The number of amides is 1. The Balaban J connectivity index is 1.95. The van der Waals surface area contributed by atoms with E-state index in [1.54, 1.807) is 24.3 Å². The Morgan fingerprint density at radius 1 is 1.25 bits per heavy atom. The second-order valence-corrected chi connectivity index (χ2v) is 3.50. The van der Waals surface area contributed by atoms with Gasteiger partial charge in [-0.2, -0.15) is 0 Å². The van der Waals surface area contributed by atoms with Crippen molar-refractivity contribution in [2.24, 2.45) is 0 Å². The Bertz CT molecular complexity index is 460. The van der Waals surface area contributed by atoms with Gasteiger partial charge in [-0.15, -0.1) is 0 Å². The highest BCUT2D eigenvalue weighted by Crippen LogP contribution is 2.05. The largest absolute Gasteiger partial charge is 0.399 e. The lowest BCUT2D eigenvalue weighted by Gasteiger charge is -2.04. The van der Waals surface area contributed by atoms with Gasteiger partial charge in [0.25, 0.3) is 5.91 Å². The minimum absolute atomic E-state index is 0.102. The van der Waals surface area contributed by atoms with Gasteiger partial charge < -0.3 is 16.0 Å². The SMILES string of the molecule is Nc1ccc(C(=O)NCc2ccc[nH]2)cc1. The highest BCUT2D eigenvalue weighted by molar-refractivity contribution is 5.94. The summed E-state index contributed by atoms with van der Waals surface area (Å²) >= 11 is 0. The standard InChI is InChI=1S/C12H13N3O/c13-10-5-3-9(4-6-10)12(16)15-8-11-2-1-7-14-11/h1-7,14H,8,13H2,(H,15,16). The van der Waals surface area contributed by atoms with Crippen LogP contribution in [0.25, 0.3) is 0 Å². The third kappa shape index (κ3) is 2.42. The van der Waals surface area contributed by atoms with Gasteiger partial charge in [0.1, 0.15) is 0 Å². The second-order valence-electron chi connectivity index (χ2n) is 3.50. The van der Waals surface area contributed by atoms with Gasteiger partial charge in [0.15, 0.2) is 0 Å². The first-order valence-electron chi connectivity index (χ1n) is 5.02. The third-order valence-electron chi connectivity index (χ3n) is 2.27. The van der Waals surface area contributed by atoms with E-state index in [1.807, 2.05) is 18.3 Å². The number of anilines is 1. The number of carbonyl (C=O) groups is 1. The van der Waals surface area contributed by atoms with Crippen LogP contribution in [0.5, 0.6) is 0 Å². The fourth-order valence-corrected chi connectivity index (χ4v) is 1.39. The molecule has 2 rings (SSSR count). The topological polar surface area (TPSA) is 70.9 Å². The first-order chi connectivity index (χ1) is 7.75. The summed E-state index contributed by atoms with van der Waals surface area (Å²) in [5, 5.41) is 2.81. The molecule has 0 saturated heterocycles. The molecule has 0 fully saturated rings. The summed E-state index contributed by atoms with van der Waals surface area (Å²) in [6.07, 6.45) is 1.82. The van der Waals surface area contributed by atoms with Crippen LogP contribution in [0.2, 0.25) is 0 Å². The van der Waals surface area contributed by atoms with Gasteiger partial charge in [-0.3, -0.25) is 4.79 Å². The van der Waals surface area contributed by atoms with Crippen LogP contribution >= 0.6 is 0 Å². The molecule has 1 aromatic carbocycles. The molecular weight excluding hydrogens is 202 g/mol. The van der Waals surface area contributed by atoms with Gasteiger partial charge in [-0.05, 0) is 36.4 Å². The third-order valence-corrected chi connectivity index (χ3v) is 2.27.